The van der Waals surface area contributed by atoms with E-state index in [0.29, 0.717) is 12.5 Å². The Balaban J connectivity index is 1.83. The van der Waals surface area contributed by atoms with Crippen LogP contribution in [0.2, 0.25) is 0 Å². The zero-order valence-corrected chi connectivity index (χ0v) is 14.5. The van der Waals surface area contributed by atoms with E-state index < -0.39 is 15.8 Å². The summed E-state index contributed by atoms with van der Waals surface area (Å²) in [5.74, 6) is 0.0589. The van der Waals surface area contributed by atoms with Gasteiger partial charge < -0.3 is 9.64 Å². The Bertz CT molecular complexity index is 622. The largest absolute Gasteiger partial charge is 0.494 e. The van der Waals surface area contributed by atoms with Gasteiger partial charge in [0.2, 0.25) is 10.0 Å². The molecule has 0 bridgehead atoms. The molecule has 1 aromatic carbocycles. The SMILES string of the molecule is COc1ccc(S(=O)(=O)NCCCN2CCCC(C)C2)cc1F. The van der Waals surface area contributed by atoms with Gasteiger partial charge in [0.1, 0.15) is 0 Å². The van der Waals surface area contributed by atoms with Gasteiger partial charge in [-0.3, -0.25) is 0 Å². The summed E-state index contributed by atoms with van der Waals surface area (Å²) < 4.78 is 45.3. The molecule has 23 heavy (non-hydrogen) atoms. The average Bonchev–Trinajstić information content (AvgIpc) is 2.51. The molecule has 1 fully saturated rings. The molecule has 0 aliphatic carbocycles. The van der Waals surface area contributed by atoms with E-state index >= 15 is 0 Å². The van der Waals surface area contributed by atoms with Gasteiger partial charge >= 0.3 is 0 Å². The van der Waals surface area contributed by atoms with Crippen molar-refractivity contribution >= 4 is 10.0 Å². The molecule has 1 N–H and O–H groups in total. The van der Waals surface area contributed by atoms with E-state index in [1.807, 2.05) is 0 Å². The van der Waals surface area contributed by atoms with Gasteiger partial charge in [-0.1, -0.05) is 6.92 Å². The van der Waals surface area contributed by atoms with Gasteiger partial charge in [-0.15, -0.1) is 0 Å². The van der Waals surface area contributed by atoms with Crippen molar-refractivity contribution in [2.45, 2.75) is 31.1 Å². The van der Waals surface area contributed by atoms with Crippen LogP contribution in [0.5, 0.6) is 5.75 Å². The van der Waals surface area contributed by atoms with Gasteiger partial charge in [0.15, 0.2) is 11.6 Å². The molecule has 1 atom stereocenters. The monoisotopic (exact) mass is 344 g/mol. The highest BCUT2D eigenvalue weighted by atomic mass is 32.2. The first kappa shape index (κ1) is 18.2. The molecular formula is C16H25FN2O3S. The number of rotatable bonds is 7. The Labute approximate surface area is 137 Å². The number of benzene rings is 1. The summed E-state index contributed by atoms with van der Waals surface area (Å²) in [5, 5.41) is 0. The van der Waals surface area contributed by atoms with Gasteiger partial charge in [-0.25, -0.2) is 17.5 Å². The maximum Gasteiger partial charge on any atom is 0.240 e. The Kier molecular flexibility index (Phi) is 6.38. The van der Waals surface area contributed by atoms with Crippen molar-refractivity contribution in [3.8, 4) is 5.75 Å². The maximum absolute atomic E-state index is 13.6. The average molecular weight is 344 g/mol. The first-order valence-corrected chi connectivity index (χ1v) is 9.46. The smallest absolute Gasteiger partial charge is 0.240 e. The van der Waals surface area contributed by atoms with Crippen LogP contribution >= 0.6 is 0 Å². The van der Waals surface area contributed by atoms with E-state index in [2.05, 4.69) is 16.5 Å². The highest BCUT2D eigenvalue weighted by Gasteiger charge is 2.18. The lowest BCUT2D eigenvalue weighted by Crippen LogP contribution is -2.36. The number of halogens is 1. The fourth-order valence-electron chi connectivity index (χ4n) is 2.90. The lowest BCUT2D eigenvalue weighted by Gasteiger charge is -2.30. The number of nitrogens with one attached hydrogen (secondary N) is 1. The minimum atomic E-state index is -3.69. The number of piperidine rings is 1. The lowest BCUT2D eigenvalue weighted by molar-refractivity contribution is 0.182. The standard InChI is InChI=1S/C16H25FN2O3S/c1-13-5-3-9-19(12-13)10-4-8-18-23(20,21)14-6-7-16(22-2)15(17)11-14/h6-7,11,13,18H,3-5,8-10,12H2,1-2H3. The summed E-state index contributed by atoms with van der Waals surface area (Å²) in [6.07, 6.45) is 3.22. The molecule has 0 amide bonds. The maximum atomic E-state index is 13.6. The van der Waals surface area contributed by atoms with Crippen molar-refractivity contribution in [3.05, 3.63) is 24.0 Å². The molecule has 1 aromatic rings. The Morgan fingerprint density at radius 2 is 2.22 bits per heavy atom. The third kappa shape index (κ3) is 5.16. The summed E-state index contributed by atoms with van der Waals surface area (Å²) in [5.41, 5.74) is 0. The molecule has 7 heteroatoms. The fourth-order valence-corrected chi connectivity index (χ4v) is 3.98. The first-order chi connectivity index (χ1) is 10.9. The zero-order chi connectivity index (χ0) is 16.9. The van der Waals surface area contributed by atoms with Crippen molar-refractivity contribution in [2.75, 3.05) is 33.3 Å². The predicted octanol–water partition coefficient (Wildman–Crippen LogP) is 2.23. The summed E-state index contributed by atoms with van der Waals surface area (Å²) >= 11 is 0. The van der Waals surface area contributed by atoms with Gasteiger partial charge in [0, 0.05) is 13.1 Å². The van der Waals surface area contributed by atoms with Crippen molar-refractivity contribution in [3.63, 3.8) is 0 Å². The fraction of sp³-hybridized carbons (Fsp3) is 0.625. The molecule has 1 aliphatic rings. The Morgan fingerprint density at radius 3 is 2.87 bits per heavy atom. The van der Waals surface area contributed by atoms with Gasteiger partial charge in [0.25, 0.3) is 0 Å². The predicted molar refractivity (Wildman–Crippen MR) is 87.6 cm³/mol. The summed E-state index contributed by atoms with van der Waals surface area (Å²) in [7, 11) is -2.35. The number of sulfonamides is 1. The van der Waals surface area contributed by atoms with Crippen molar-refractivity contribution in [1.29, 1.82) is 0 Å². The molecule has 1 heterocycles. The van der Waals surface area contributed by atoms with Crippen LogP contribution in [0.4, 0.5) is 4.39 Å². The third-order valence-corrected chi connectivity index (χ3v) is 5.58. The van der Waals surface area contributed by atoms with Crippen LogP contribution in [0.25, 0.3) is 0 Å². The van der Waals surface area contributed by atoms with Gasteiger partial charge in [-0.05, 0) is 56.5 Å². The van der Waals surface area contributed by atoms with Gasteiger partial charge in [-0.2, -0.15) is 0 Å². The van der Waals surface area contributed by atoms with E-state index in [9.17, 15) is 12.8 Å². The molecule has 0 spiro atoms. The van der Waals surface area contributed by atoms with Crippen molar-refractivity contribution < 1.29 is 17.5 Å². The van der Waals surface area contributed by atoms with Crippen LogP contribution < -0.4 is 9.46 Å². The highest BCUT2D eigenvalue weighted by Crippen LogP contribution is 2.20. The number of likely N-dealkylation sites (tertiary alicyclic amines) is 1. The Hall–Kier alpha value is -1.18. The van der Waals surface area contributed by atoms with Crippen LogP contribution in [0, 0.1) is 11.7 Å². The molecular weight excluding hydrogens is 319 g/mol. The molecule has 0 saturated carbocycles. The zero-order valence-electron chi connectivity index (χ0n) is 13.7. The summed E-state index contributed by atoms with van der Waals surface area (Å²) in [6, 6.07) is 3.64. The molecule has 1 saturated heterocycles. The van der Waals surface area contributed by atoms with E-state index in [4.69, 9.17) is 4.74 Å². The minimum Gasteiger partial charge on any atom is -0.494 e. The molecule has 1 unspecified atom stereocenters. The number of hydrogen-bond acceptors (Lipinski definition) is 4. The molecule has 5 nitrogen and oxygen atoms in total. The van der Waals surface area contributed by atoms with Gasteiger partial charge in [0.05, 0.1) is 12.0 Å². The number of methoxy groups -OCH3 is 1. The minimum absolute atomic E-state index is 0.0307. The molecule has 130 valence electrons. The Morgan fingerprint density at radius 1 is 1.43 bits per heavy atom. The molecule has 0 radical (unpaired) electrons. The van der Waals surface area contributed by atoms with Crippen LogP contribution in [0.3, 0.4) is 0 Å². The molecule has 1 aliphatic heterocycles. The highest BCUT2D eigenvalue weighted by molar-refractivity contribution is 7.89. The summed E-state index contributed by atoms with van der Waals surface area (Å²) in [4.78, 5) is 2.29. The topological polar surface area (TPSA) is 58.6 Å². The molecule has 0 aromatic heterocycles. The number of nitrogens with zero attached hydrogens (tertiary/aromatic N) is 1. The van der Waals surface area contributed by atoms with Crippen LogP contribution in [-0.2, 0) is 10.0 Å². The van der Waals surface area contributed by atoms with Crippen LogP contribution in [-0.4, -0.2) is 46.6 Å². The van der Waals surface area contributed by atoms with Crippen LogP contribution in [0.15, 0.2) is 23.1 Å². The second-order valence-electron chi connectivity index (χ2n) is 6.10. The van der Waals surface area contributed by atoms with Crippen LogP contribution in [0.1, 0.15) is 26.2 Å². The molecule has 2 rings (SSSR count). The van der Waals surface area contributed by atoms with E-state index in [1.165, 1.54) is 32.1 Å². The van der Waals surface area contributed by atoms with E-state index in [1.54, 1.807) is 0 Å². The number of ether oxygens (including phenoxy) is 1. The first-order valence-electron chi connectivity index (χ1n) is 7.98. The normalized spacial score (nSPS) is 19.7. The third-order valence-electron chi connectivity index (χ3n) is 4.12. The van der Waals surface area contributed by atoms with E-state index in [0.717, 1.165) is 32.1 Å². The lowest BCUT2D eigenvalue weighted by atomic mass is 10.0. The quantitative estimate of drug-likeness (QED) is 0.771. The summed E-state index contributed by atoms with van der Waals surface area (Å²) in [6.45, 7) is 5.63. The number of hydrogen-bond donors (Lipinski definition) is 1. The van der Waals surface area contributed by atoms with Crippen molar-refractivity contribution in [1.82, 2.24) is 9.62 Å². The second-order valence-corrected chi connectivity index (χ2v) is 7.86. The van der Waals surface area contributed by atoms with E-state index in [-0.39, 0.29) is 10.6 Å². The van der Waals surface area contributed by atoms with Crippen molar-refractivity contribution in [2.24, 2.45) is 5.92 Å². The second kappa shape index (κ2) is 8.08.